The van der Waals surface area contributed by atoms with Crippen molar-refractivity contribution in [3.05, 3.63) is 29.6 Å². The molecule has 5 heteroatoms. The number of nitrogens with one attached hydrogen (secondary N) is 2. The zero-order valence-electron chi connectivity index (χ0n) is 10.5. The van der Waals surface area contributed by atoms with Crippen LogP contribution in [0.3, 0.4) is 0 Å². The highest BCUT2D eigenvalue weighted by Gasteiger charge is 2.38. The van der Waals surface area contributed by atoms with Crippen molar-refractivity contribution in [3.63, 3.8) is 0 Å². The third-order valence-corrected chi connectivity index (χ3v) is 3.27. The Kier molecular flexibility index (Phi) is 3.52. The average molecular weight is 252 g/mol. The van der Waals surface area contributed by atoms with Crippen LogP contribution in [0.5, 0.6) is 5.75 Å². The maximum absolute atomic E-state index is 13.4. The molecule has 1 atom stereocenters. The Morgan fingerprint density at radius 2 is 2.17 bits per heavy atom. The van der Waals surface area contributed by atoms with E-state index in [1.807, 2.05) is 0 Å². The molecule has 0 saturated carbocycles. The van der Waals surface area contributed by atoms with E-state index in [1.54, 1.807) is 6.92 Å². The molecule has 1 aliphatic heterocycles. The van der Waals surface area contributed by atoms with Crippen LogP contribution in [0.25, 0.3) is 0 Å². The van der Waals surface area contributed by atoms with Gasteiger partial charge in [-0.3, -0.25) is 10.1 Å². The van der Waals surface area contributed by atoms with Gasteiger partial charge in [-0.05, 0) is 38.1 Å². The number of benzene rings is 1. The smallest absolute Gasteiger partial charge is 0.244 e. The lowest BCUT2D eigenvalue weighted by atomic mass is 9.90. The summed E-state index contributed by atoms with van der Waals surface area (Å²) in [6.45, 7) is 3.05. The maximum atomic E-state index is 13.4. The minimum absolute atomic E-state index is 0.163. The summed E-state index contributed by atoms with van der Waals surface area (Å²) in [5.74, 6) is -0.0433. The first-order valence-corrected chi connectivity index (χ1v) is 5.95. The van der Waals surface area contributed by atoms with Crippen LogP contribution < -0.4 is 15.4 Å². The molecule has 1 aromatic carbocycles. The van der Waals surface area contributed by atoms with Gasteiger partial charge in [-0.15, -0.1) is 0 Å². The molecule has 98 valence electrons. The predicted octanol–water partition coefficient (Wildman–Crippen LogP) is 1.16. The summed E-state index contributed by atoms with van der Waals surface area (Å²) in [6.07, 6.45) is 0.846. The summed E-state index contributed by atoms with van der Waals surface area (Å²) >= 11 is 0. The molecule has 0 aliphatic carbocycles. The van der Waals surface area contributed by atoms with E-state index in [0.29, 0.717) is 24.4 Å². The topological polar surface area (TPSA) is 50.4 Å². The third-order valence-electron chi connectivity index (χ3n) is 3.27. The second kappa shape index (κ2) is 4.94. The first-order valence-electron chi connectivity index (χ1n) is 5.95. The normalized spacial score (nSPS) is 24.3. The Hall–Kier alpha value is -1.62. The van der Waals surface area contributed by atoms with Gasteiger partial charge in [-0.1, -0.05) is 0 Å². The molecule has 0 spiro atoms. The summed E-state index contributed by atoms with van der Waals surface area (Å²) in [5.41, 5.74) is -0.450. The molecule has 1 saturated heterocycles. The monoisotopic (exact) mass is 252 g/mol. The number of methoxy groups -OCH3 is 1. The van der Waals surface area contributed by atoms with Crippen LogP contribution >= 0.6 is 0 Å². The van der Waals surface area contributed by atoms with Crippen molar-refractivity contribution in [1.29, 1.82) is 0 Å². The SMILES string of the molecule is COc1ccc(F)cc1C1(C)NCCCNC1=O. The molecule has 0 aromatic heterocycles. The van der Waals surface area contributed by atoms with Crippen molar-refractivity contribution >= 4 is 5.91 Å². The van der Waals surface area contributed by atoms with Gasteiger partial charge >= 0.3 is 0 Å². The number of amides is 1. The summed E-state index contributed by atoms with van der Waals surface area (Å²) in [5, 5.41) is 5.99. The second-order valence-electron chi connectivity index (χ2n) is 4.51. The van der Waals surface area contributed by atoms with Gasteiger partial charge in [0.15, 0.2) is 0 Å². The van der Waals surface area contributed by atoms with Crippen LogP contribution in [-0.4, -0.2) is 26.1 Å². The lowest BCUT2D eigenvalue weighted by molar-refractivity contribution is -0.126. The zero-order chi connectivity index (χ0) is 13.2. The van der Waals surface area contributed by atoms with E-state index in [4.69, 9.17) is 4.74 Å². The van der Waals surface area contributed by atoms with Gasteiger partial charge < -0.3 is 10.1 Å². The second-order valence-corrected chi connectivity index (χ2v) is 4.51. The van der Waals surface area contributed by atoms with Crippen LogP contribution in [0.1, 0.15) is 18.9 Å². The molecular weight excluding hydrogens is 235 g/mol. The molecule has 2 N–H and O–H groups in total. The summed E-state index contributed by atoms with van der Waals surface area (Å²) in [7, 11) is 1.51. The quantitative estimate of drug-likeness (QED) is 0.830. The lowest BCUT2D eigenvalue weighted by Crippen LogP contribution is -2.50. The van der Waals surface area contributed by atoms with Crippen molar-refractivity contribution in [3.8, 4) is 5.75 Å². The highest BCUT2D eigenvalue weighted by molar-refractivity contribution is 5.88. The Morgan fingerprint density at radius 1 is 1.39 bits per heavy atom. The van der Waals surface area contributed by atoms with Gasteiger partial charge in [-0.25, -0.2) is 4.39 Å². The van der Waals surface area contributed by atoms with Crippen molar-refractivity contribution in [2.24, 2.45) is 0 Å². The minimum atomic E-state index is -0.968. The number of carbonyl (C=O) groups is 1. The number of halogens is 1. The summed E-state index contributed by atoms with van der Waals surface area (Å²) < 4.78 is 18.6. The fourth-order valence-electron chi connectivity index (χ4n) is 2.17. The van der Waals surface area contributed by atoms with Crippen LogP contribution in [0.2, 0.25) is 0 Å². The highest BCUT2D eigenvalue weighted by Crippen LogP contribution is 2.31. The Labute approximate surface area is 106 Å². The molecule has 0 radical (unpaired) electrons. The minimum Gasteiger partial charge on any atom is -0.496 e. The standard InChI is InChI=1S/C13H17FN2O2/c1-13(12(17)15-6-3-7-16-13)10-8-9(14)4-5-11(10)18-2/h4-5,8,16H,3,6-7H2,1-2H3,(H,15,17). The summed E-state index contributed by atoms with van der Waals surface area (Å²) in [6, 6.07) is 4.20. The van der Waals surface area contributed by atoms with E-state index in [9.17, 15) is 9.18 Å². The van der Waals surface area contributed by atoms with Crippen molar-refractivity contribution in [2.45, 2.75) is 18.9 Å². The molecular formula is C13H17FN2O2. The van der Waals surface area contributed by atoms with E-state index < -0.39 is 5.54 Å². The van der Waals surface area contributed by atoms with Crippen LogP contribution in [0.15, 0.2) is 18.2 Å². The Morgan fingerprint density at radius 3 is 2.89 bits per heavy atom. The fraction of sp³-hybridized carbons (Fsp3) is 0.462. The maximum Gasteiger partial charge on any atom is 0.244 e. The number of hydrogen-bond donors (Lipinski definition) is 2. The third kappa shape index (κ3) is 2.18. The Bertz CT molecular complexity index is 464. The van der Waals surface area contributed by atoms with E-state index in [1.165, 1.54) is 25.3 Å². The van der Waals surface area contributed by atoms with Crippen LogP contribution in [-0.2, 0) is 10.3 Å². The molecule has 1 amide bonds. The van der Waals surface area contributed by atoms with Gasteiger partial charge in [0.2, 0.25) is 5.91 Å². The number of rotatable bonds is 2. The molecule has 1 unspecified atom stereocenters. The van der Waals surface area contributed by atoms with Crippen LogP contribution in [0.4, 0.5) is 4.39 Å². The van der Waals surface area contributed by atoms with Gasteiger partial charge in [-0.2, -0.15) is 0 Å². The molecule has 4 nitrogen and oxygen atoms in total. The van der Waals surface area contributed by atoms with E-state index >= 15 is 0 Å². The first-order chi connectivity index (χ1) is 8.58. The van der Waals surface area contributed by atoms with E-state index in [2.05, 4.69) is 10.6 Å². The van der Waals surface area contributed by atoms with E-state index in [-0.39, 0.29) is 11.7 Å². The van der Waals surface area contributed by atoms with Crippen molar-refractivity contribution in [2.75, 3.05) is 20.2 Å². The highest BCUT2D eigenvalue weighted by atomic mass is 19.1. The first kappa shape index (κ1) is 12.8. The average Bonchev–Trinajstić information content (AvgIpc) is 2.53. The van der Waals surface area contributed by atoms with Crippen molar-refractivity contribution in [1.82, 2.24) is 10.6 Å². The molecule has 1 aliphatic rings. The molecule has 1 aromatic rings. The number of hydrogen-bond acceptors (Lipinski definition) is 3. The van der Waals surface area contributed by atoms with Crippen LogP contribution in [0, 0.1) is 5.82 Å². The molecule has 18 heavy (non-hydrogen) atoms. The summed E-state index contributed by atoms with van der Waals surface area (Å²) in [4.78, 5) is 12.2. The predicted molar refractivity (Wildman–Crippen MR) is 65.9 cm³/mol. The van der Waals surface area contributed by atoms with Gasteiger partial charge in [0.05, 0.1) is 7.11 Å². The van der Waals surface area contributed by atoms with Gasteiger partial charge in [0.1, 0.15) is 17.1 Å². The van der Waals surface area contributed by atoms with Gasteiger partial charge in [0.25, 0.3) is 0 Å². The van der Waals surface area contributed by atoms with Crippen molar-refractivity contribution < 1.29 is 13.9 Å². The Balaban J connectivity index is 2.50. The zero-order valence-corrected chi connectivity index (χ0v) is 10.5. The number of carbonyl (C=O) groups excluding carboxylic acids is 1. The molecule has 1 fully saturated rings. The molecule has 2 rings (SSSR count). The van der Waals surface area contributed by atoms with Gasteiger partial charge in [0, 0.05) is 12.1 Å². The fourth-order valence-corrected chi connectivity index (χ4v) is 2.17. The largest absolute Gasteiger partial charge is 0.496 e. The molecule has 0 bridgehead atoms. The molecule has 1 heterocycles. The number of ether oxygens (including phenoxy) is 1. The lowest BCUT2D eigenvalue weighted by Gasteiger charge is -2.29. The van der Waals surface area contributed by atoms with E-state index in [0.717, 1.165) is 6.42 Å².